The highest BCUT2D eigenvalue weighted by molar-refractivity contribution is 5.73. The molecule has 5 rings (SSSR count). The van der Waals surface area contributed by atoms with Gasteiger partial charge in [-0.25, -0.2) is 9.78 Å². The quantitative estimate of drug-likeness (QED) is 0.349. The van der Waals surface area contributed by atoms with Gasteiger partial charge in [0.25, 0.3) is 5.56 Å². The van der Waals surface area contributed by atoms with E-state index in [-0.39, 0.29) is 5.56 Å². The van der Waals surface area contributed by atoms with Crippen molar-refractivity contribution in [3.63, 3.8) is 0 Å². The molecule has 0 saturated carbocycles. The van der Waals surface area contributed by atoms with E-state index < -0.39 is 5.69 Å². The van der Waals surface area contributed by atoms with Gasteiger partial charge < -0.3 is 4.57 Å². The summed E-state index contributed by atoms with van der Waals surface area (Å²) < 4.78 is 4.67. The van der Waals surface area contributed by atoms with Crippen LogP contribution in [0, 0.1) is 0 Å². The van der Waals surface area contributed by atoms with Gasteiger partial charge in [-0.3, -0.25) is 14.3 Å². The Morgan fingerprint density at radius 2 is 1.80 bits per heavy atom. The van der Waals surface area contributed by atoms with Crippen molar-refractivity contribution in [2.24, 2.45) is 7.05 Å². The molecule has 0 bridgehead atoms. The van der Waals surface area contributed by atoms with Crippen LogP contribution >= 0.6 is 0 Å². The Hall–Kier alpha value is -4.34. The maximum absolute atomic E-state index is 13.0. The van der Waals surface area contributed by atoms with Crippen LogP contribution in [0.15, 0.2) is 64.4 Å². The average Bonchev–Trinajstić information content (AvgIpc) is 3.52. The fourth-order valence-electron chi connectivity index (χ4n) is 4.30. The molecule has 0 amide bonds. The van der Waals surface area contributed by atoms with Crippen LogP contribution in [-0.4, -0.2) is 39.3 Å². The first-order chi connectivity index (χ1) is 17.1. The van der Waals surface area contributed by atoms with E-state index in [9.17, 15) is 9.59 Å². The Labute approximate surface area is 200 Å². The number of benzene rings is 2. The third-order valence-corrected chi connectivity index (χ3v) is 6.19. The predicted molar refractivity (Wildman–Crippen MR) is 133 cm³/mol. The molecule has 0 aliphatic heterocycles. The maximum Gasteiger partial charge on any atom is 0.329 e. The minimum atomic E-state index is -0.460. The van der Waals surface area contributed by atoms with Crippen LogP contribution in [0.25, 0.3) is 28.0 Å². The summed E-state index contributed by atoms with van der Waals surface area (Å²) in [6.45, 7) is 2.63. The minimum absolute atomic E-state index is 0.343. The summed E-state index contributed by atoms with van der Waals surface area (Å²) in [7, 11) is 1.48. The van der Waals surface area contributed by atoms with Crippen molar-refractivity contribution < 1.29 is 0 Å². The lowest BCUT2D eigenvalue weighted by molar-refractivity contribution is 0.657. The Bertz CT molecular complexity index is 1580. The Balaban J connectivity index is 1.51. The molecule has 0 atom stereocenters. The van der Waals surface area contributed by atoms with E-state index in [1.165, 1.54) is 7.05 Å². The van der Waals surface area contributed by atoms with Gasteiger partial charge >= 0.3 is 5.69 Å². The van der Waals surface area contributed by atoms with E-state index in [1.807, 2.05) is 53.1 Å². The first-order valence-corrected chi connectivity index (χ1v) is 11.7. The van der Waals surface area contributed by atoms with Crippen molar-refractivity contribution in [3.05, 3.63) is 87.1 Å². The van der Waals surface area contributed by atoms with E-state index in [0.717, 1.165) is 58.5 Å². The average molecular weight is 471 g/mol. The van der Waals surface area contributed by atoms with Crippen molar-refractivity contribution in [3.8, 4) is 16.8 Å². The Kier molecular flexibility index (Phi) is 6.09. The third-order valence-electron chi connectivity index (χ3n) is 6.19. The van der Waals surface area contributed by atoms with Gasteiger partial charge in [0.2, 0.25) is 0 Å². The van der Waals surface area contributed by atoms with Crippen molar-refractivity contribution in [2.45, 2.75) is 39.2 Å². The second kappa shape index (κ2) is 9.49. The van der Waals surface area contributed by atoms with Crippen LogP contribution in [0.5, 0.6) is 0 Å². The van der Waals surface area contributed by atoms with Gasteiger partial charge in [-0.05, 0) is 34.0 Å². The van der Waals surface area contributed by atoms with E-state index in [4.69, 9.17) is 0 Å². The van der Waals surface area contributed by atoms with Crippen molar-refractivity contribution in [1.29, 1.82) is 0 Å². The fourth-order valence-corrected chi connectivity index (χ4v) is 4.30. The molecule has 1 N–H and O–H groups in total. The third kappa shape index (κ3) is 4.30. The van der Waals surface area contributed by atoms with E-state index in [2.05, 4.69) is 32.4 Å². The largest absolute Gasteiger partial charge is 0.329 e. The van der Waals surface area contributed by atoms with Gasteiger partial charge in [0.1, 0.15) is 12.2 Å². The number of tetrazole rings is 1. The molecule has 10 nitrogen and oxygen atoms in total. The lowest BCUT2D eigenvalue weighted by atomic mass is 10.0. The highest BCUT2D eigenvalue weighted by Crippen LogP contribution is 2.27. The van der Waals surface area contributed by atoms with Crippen molar-refractivity contribution in [2.75, 3.05) is 0 Å². The summed E-state index contributed by atoms with van der Waals surface area (Å²) >= 11 is 0. The molecule has 35 heavy (non-hydrogen) atoms. The SMILES string of the molecule is CCCCCc1nc2[nH]c(=O)n(C)c(=O)c2n1Cc1ccc(-c2ccccc2-n2cnnn2)cc1. The number of para-hydroxylation sites is 1. The van der Waals surface area contributed by atoms with Crippen LogP contribution in [0.4, 0.5) is 0 Å². The van der Waals surface area contributed by atoms with E-state index in [0.29, 0.717) is 17.7 Å². The molecule has 3 heterocycles. The number of nitrogens with zero attached hydrogens (tertiary/aromatic N) is 7. The highest BCUT2D eigenvalue weighted by Gasteiger charge is 2.17. The second-order valence-corrected chi connectivity index (χ2v) is 8.53. The summed E-state index contributed by atoms with van der Waals surface area (Å²) in [6, 6.07) is 16.1. The smallest absolute Gasteiger partial charge is 0.318 e. The van der Waals surface area contributed by atoms with Gasteiger partial charge in [-0.15, -0.1) is 5.10 Å². The van der Waals surface area contributed by atoms with Crippen LogP contribution < -0.4 is 11.2 Å². The molecule has 0 aliphatic carbocycles. The first-order valence-electron chi connectivity index (χ1n) is 11.7. The molecule has 10 heteroatoms. The minimum Gasteiger partial charge on any atom is -0.318 e. The number of H-pyrrole nitrogens is 1. The fraction of sp³-hybridized carbons (Fsp3) is 0.280. The topological polar surface area (TPSA) is 116 Å². The number of fused-ring (bicyclic) bond motifs is 1. The van der Waals surface area contributed by atoms with Crippen molar-refractivity contribution >= 4 is 11.2 Å². The standard InChI is InChI=1S/C25H26N8O2/c1-3-4-5-10-21-27-23-22(24(34)31(2)25(35)28-23)32(21)15-17-11-13-18(14-12-17)19-8-6-7-9-20(19)33-16-26-29-30-33/h6-9,11-14,16H,3-5,10,15H2,1-2H3,(H,28,35). The van der Waals surface area contributed by atoms with E-state index in [1.54, 1.807) is 11.0 Å². The molecule has 0 fully saturated rings. The summed E-state index contributed by atoms with van der Waals surface area (Å²) in [5.74, 6) is 0.806. The zero-order valence-electron chi connectivity index (χ0n) is 19.7. The summed E-state index contributed by atoms with van der Waals surface area (Å²) in [4.78, 5) is 32.4. The van der Waals surface area contributed by atoms with Gasteiger partial charge in [0.15, 0.2) is 11.2 Å². The molecule has 0 radical (unpaired) electrons. The number of hydrogen-bond acceptors (Lipinski definition) is 6. The molecule has 178 valence electrons. The van der Waals surface area contributed by atoms with Crippen LogP contribution in [0.3, 0.4) is 0 Å². The lowest BCUT2D eigenvalue weighted by Gasteiger charge is -2.12. The van der Waals surface area contributed by atoms with Gasteiger partial charge in [-0.2, -0.15) is 4.68 Å². The number of unbranched alkanes of at least 4 members (excludes halogenated alkanes) is 2. The second-order valence-electron chi connectivity index (χ2n) is 8.53. The number of rotatable bonds is 8. The number of aromatic amines is 1. The first kappa shape index (κ1) is 22.5. The summed E-state index contributed by atoms with van der Waals surface area (Å²) in [5, 5.41) is 11.5. The normalized spacial score (nSPS) is 11.4. The molecule has 0 unspecified atom stereocenters. The Morgan fingerprint density at radius 1 is 1.00 bits per heavy atom. The van der Waals surface area contributed by atoms with Crippen LogP contribution in [-0.2, 0) is 20.0 Å². The Morgan fingerprint density at radius 3 is 2.54 bits per heavy atom. The molecule has 3 aromatic heterocycles. The van der Waals surface area contributed by atoms with E-state index >= 15 is 0 Å². The zero-order chi connectivity index (χ0) is 24.4. The molecular formula is C25H26N8O2. The van der Waals surface area contributed by atoms with Crippen LogP contribution in [0.2, 0.25) is 0 Å². The van der Waals surface area contributed by atoms with Gasteiger partial charge in [-0.1, -0.05) is 62.2 Å². The zero-order valence-corrected chi connectivity index (χ0v) is 19.7. The predicted octanol–water partition coefficient (Wildman–Crippen LogP) is 2.85. The highest BCUT2D eigenvalue weighted by atomic mass is 16.2. The summed E-state index contributed by atoms with van der Waals surface area (Å²) in [6.07, 6.45) is 5.45. The maximum atomic E-state index is 13.0. The number of aryl methyl sites for hydroxylation is 1. The molecule has 0 saturated heterocycles. The lowest BCUT2D eigenvalue weighted by Crippen LogP contribution is -2.33. The summed E-state index contributed by atoms with van der Waals surface area (Å²) in [5.41, 5.74) is 3.91. The monoisotopic (exact) mass is 470 g/mol. The van der Waals surface area contributed by atoms with Gasteiger partial charge in [0, 0.05) is 25.6 Å². The van der Waals surface area contributed by atoms with Gasteiger partial charge in [0.05, 0.1) is 5.69 Å². The number of aromatic nitrogens is 8. The molecule has 0 spiro atoms. The van der Waals surface area contributed by atoms with Crippen molar-refractivity contribution in [1.82, 2.24) is 39.3 Å². The number of imidazole rings is 1. The number of hydrogen-bond donors (Lipinski definition) is 1. The molecule has 5 aromatic rings. The number of nitrogens with one attached hydrogen (secondary N) is 1. The molecule has 0 aliphatic rings. The van der Waals surface area contributed by atoms with Crippen LogP contribution in [0.1, 0.15) is 37.6 Å². The molecular weight excluding hydrogens is 444 g/mol. The molecule has 2 aromatic carbocycles.